The number of nitrogens with zero attached hydrogens (tertiary/aromatic N) is 1. The lowest BCUT2D eigenvalue weighted by Crippen LogP contribution is -2.21. The number of nitrogens with two attached hydrogens (primary N) is 1. The van der Waals surface area contributed by atoms with Crippen molar-refractivity contribution in [2.75, 3.05) is 6.54 Å². The van der Waals surface area contributed by atoms with E-state index < -0.39 is 24.3 Å². The van der Waals surface area contributed by atoms with Crippen LogP contribution in [-0.2, 0) is 0 Å². The van der Waals surface area contributed by atoms with Crippen LogP contribution in [0.4, 0.5) is 22.0 Å². The van der Waals surface area contributed by atoms with Crippen LogP contribution in [0.5, 0.6) is 0 Å². The van der Waals surface area contributed by atoms with Gasteiger partial charge in [-0.05, 0) is 13.0 Å². The predicted octanol–water partition coefficient (Wildman–Crippen LogP) is 2.51. The molecule has 0 aromatic heterocycles. The topological polar surface area (TPSA) is 38.4 Å². The predicted molar refractivity (Wildman–Crippen MR) is 46.9 cm³/mol. The van der Waals surface area contributed by atoms with Crippen molar-refractivity contribution in [3.63, 3.8) is 0 Å². The van der Waals surface area contributed by atoms with E-state index in [0.717, 1.165) is 0 Å². The summed E-state index contributed by atoms with van der Waals surface area (Å²) in [7, 11) is 0. The van der Waals surface area contributed by atoms with Crippen molar-refractivity contribution in [1.29, 1.82) is 0 Å². The average Bonchev–Trinajstić information content (AvgIpc) is 1.97. The van der Waals surface area contributed by atoms with Crippen LogP contribution in [0.2, 0.25) is 0 Å². The highest BCUT2D eigenvalue weighted by Gasteiger charge is 2.31. The summed E-state index contributed by atoms with van der Waals surface area (Å²) in [5.41, 5.74) is 3.11. The van der Waals surface area contributed by atoms with E-state index in [9.17, 15) is 22.0 Å². The van der Waals surface area contributed by atoms with Crippen LogP contribution in [0.15, 0.2) is 16.8 Å². The van der Waals surface area contributed by atoms with E-state index in [0.29, 0.717) is 13.0 Å². The Bertz CT molecular complexity index is 272. The summed E-state index contributed by atoms with van der Waals surface area (Å²) in [5.74, 6) is -3.04. The van der Waals surface area contributed by atoms with E-state index in [2.05, 4.69) is 10.7 Å². The fraction of sp³-hybridized carbons (Fsp3) is 0.625. The zero-order chi connectivity index (χ0) is 12.3. The number of rotatable bonds is 3. The molecule has 0 atom stereocenters. The van der Waals surface area contributed by atoms with Gasteiger partial charge in [-0.2, -0.15) is 13.2 Å². The third-order valence-corrected chi connectivity index (χ3v) is 1.30. The first kappa shape index (κ1) is 13.9. The molecular weight excluding hydrogens is 219 g/mol. The molecule has 0 rings (SSSR count). The Morgan fingerprint density at radius 3 is 2.07 bits per heavy atom. The smallest absolute Gasteiger partial charge is 0.395 e. The summed E-state index contributed by atoms with van der Waals surface area (Å²) < 4.78 is 60.2. The van der Waals surface area contributed by atoms with Crippen LogP contribution < -0.4 is 5.73 Å². The quantitative estimate of drug-likeness (QED) is 0.587. The number of halogens is 5. The summed E-state index contributed by atoms with van der Waals surface area (Å²) in [4.78, 5) is 3.26. The van der Waals surface area contributed by atoms with Gasteiger partial charge in [0.05, 0.1) is 0 Å². The van der Waals surface area contributed by atoms with Gasteiger partial charge in [0.1, 0.15) is 12.2 Å². The molecule has 2 N–H and O–H groups in total. The normalized spacial score (nSPS) is 15.7. The van der Waals surface area contributed by atoms with Gasteiger partial charge in [0.2, 0.25) is 0 Å². The van der Waals surface area contributed by atoms with E-state index in [-0.39, 0.29) is 5.71 Å². The molecule has 15 heavy (non-hydrogen) atoms. The molecule has 0 aliphatic heterocycles. The van der Waals surface area contributed by atoms with Crippen molar-refractivity contribution < 1.29 is 22.0 Å². The van der Waals surface area contributed by atoms with Crippen molar-refractivity contribution in [2.24, 2.45) is 10.7 Å². The van der Waals surface area contributed by atoms with Crippen molar-refractivity contribution in [3.8, 4) is 0 Å². The van der Waals surface area contributed by atoms with E-state index >= 15 is 0 Å². The van der Waals surface area contributed by atoms with Crippen LogP contribution >= 0.6 is 0 Å². The molecular formula is C8H11F5N2. The fourth-order valence-corrected chi connectivity index (χ4v) is 0.616. The molecule has 0 aromatic carbocycles. The van der Waals surface area contributed by atoms with Gasteiger partial charge in [0.25, 0.3) is 5.92 Å². The number of allylic oxidation sites excluding steroid dienone is 2. The zero-order valence-electron chi connectivity index (χ0n) is 8.20. The Hall–Kier alpha value is -1.14. The molecule has 0 amide bonds. The van der Waals surface area contributed by atoms with Crippen LogP contribution in [-0.4, -0.2) is 24.4 Å². The van der Waals surface area contributed by atoms with Crippen LogP contribution in [0.3, 0.4) is 0 Å². The lowest BCUT2D eigenvalue weighted by molar-refractivity contribution is -0.0925. The van der Waals surface area contributed by atoms with Gasteiger partial charge in [0.15, 0.2) is 0 Å². The van der Waals surface area contributed by atoms with Gasteiger partial charge in [-0.1, -0.05) is 0 Å². The molecule has 0 aliphatic rings. The van der Waals surface area contributed by atoms with Crippen LogP contribution in [0.1, 0.15) is 13.8 Å². The maximum absolute atomic E-state index is 12.3. The van der Waals surface area contributed by atoms with E-state index in [1.165, 1.54) is 6.92 Å². The first-order valence-electron chi connectivity index (χ1n) is 3.95. The molecule has 0 saturated carbocycles. The standard InChI is InChI=1S/C8H11F5N2/c1-5(15-4-7(2,9)10)3-6(14)8(11,12)13/h3H,4,14H2,1-2H3/b6-3-,15-5?. The zero-order valence-corrected chi connectivity index (χ0v) is 8.20. The van der Waals surface area contributed by atoms with Gasteiger partial charge in [-0.3, -0.25) is 4.99 Å². The minimum Gasteiger partial charge on any atom is -0.395 e. The molecule has 0 bridgehead atoms. The fourth-order valence-electron chi connectivity index (χ4n) is 0.616. The Labute approximate surface area is 83.7 Å². The van der Waals surface area contributed by atoms with Crippen LogP contribution in [0.25, 0.3) is 0 Å². The number of hydrogen-bond donors (Lipinski definition) is 1. The first-order chi connectivity index (χ1) is 6.52. The summed E-state index contributed by atoms with van der Waals surface area (Å²) in [5, 5.41) is 0. The van der Waals surface area contributed by atoms with E-state index in [1.807, 2.05) is 0 Å². The van der Waals surface area contributed by atoms with Gasteiger partial charge in [-0.15, -0.1) is 0 Å². The Morgan fingerprint density at radius 2 is 1.73 bits per heavy atom. The van der Waals surface area contributed by atoms with Crippen LogP contribution in [0, 0.1) is 0 Å². The summed E-state index contributed by atoms with van der Waals surface area (Å²) in [6.45, 7) is 0.936. The highest BCUT2D eigenvalue weighted by Crippen LogP contribution is 2.21. The molecule has 0 spiro atoms. The number of hydrogen-bond acceptors (Lipinski definition) is 2. The SMILES string of the molecule is CC(/C=C(\N)C(F)(F)F)=NCC(C)(F)F. The second kappa shape index (κ2) is 4.59. The van der Waals surface area contributed by atoms with Gasteiger partial charge >= 0.3 is 6.18 Å². The molecule has 0 fully saturated rings. The van der Waals surface area contributed by atoms with Gasteiger partial charge < -0.3 is 5.73 Å². The molecule has 0 saturated heterocycles. The maximum atomic E-state index is 12.3. The van der Waals surface area contributed by atoms with E-state index in [1.54, 1.807) is 0 Å². The monoisotopic (exact) mass is 230 g/mol. The average molecular weight is 230 g/mol. The minimum atomic E-state index is -4.66. The van der Waals surface area contributed by atoms with Crippen molar-refractivity contribution >= 4 is 5.71 Å². The third kappa shape index (κ3) is 6.87. The van der Waals surface area contributed by atoms with E-state index in [4.69, 9.17) is 0 Å². The molecule has 0 aliphatic carbocycles. The van der Waals surface area contributed by atoms with Crippen molar-refractivity contribution in [3.05, 3.63) is 11.8 Å². The molecule has 0 radical (unpaired) electrons. The highest BCUT2D eigenvalue weighted by molar-refractivity contribution is 5.93. The number of aliphatic imine (C=N–C) groups is 1. The third-order valence-electron chi connectivity index (χ3n) is 1.30. The number of alkyl halides is 5. The van der Waals surface area contributed by atoms with Crippen molar-refractivity contribution in [2.45, 2.75) is 25.9 Å². The Balaban J connectivity index is 4.55. The summed E-state index contributed by atoms with van der Waals surface area (Å²) >= 11 is 0. The molecule has 7 heteroatoms. The maximum Gasteiger partial charge on any atom is 0.430 e. The lowest BCUT2D eigenvalue weighted by atomic mass is 10.3. The van der Waals surface area contributed by atoms with Gasteiger partial charge in [0, 0.05) is 12.6 Å². The Kier molecular flexibility index (Phi) is 4.24. The Morgan fingerprint density at radius 1 is 1.27 bits per heavy atom. The largest absolute Gasteiger partial charge is 0.430 e. The lowest BCUT2D eigenvalue weighted by Gasteiger charge is -2.07. The highest BCUT2D eigenvalue weighted by atomic mass is 19.4. The molecule has 0 unspecified atom stereocenters. The second-order valence-corrected chi connectivity index (χ2v) is 3.13. The first-order valence-corrected chi connectivity index (χ1v) is 3.95. The second-order valence-electron chi connectivity index (χ2n) is 3.13. The molecule has 0 aromatic rings. The van der Waals surface area contributed by atoms with Crippen molar-refractivity contribution in [1.82, 2.24) is 0 Å². The minimum absolute atomic E-state index is 0.189. The van der Waals surface area contributed by atoms with Gasteiger partial charge in [-0.25, -0.2) is 8.78 Å². The molecule has 88 valence electrons. The molecule has 0 heterocycles. The summed E-state index contributed by atoms with van der Waals surface area (Å²) in [6, 6.07) is 0. The summed E-state index contributed by atoms with van der Waals surface area (Å²) in [6.07, 6.45) is -4.14. The molecule has 2 nitrogen and oxygen atoms in total.